The summed E-state index contributed by atoms with van der Waals surface area (Å²) < 4.78 is 2.01. The topological polar surface area (TPSA) is 88.3 Å². The van der Waals surface area contributed by atoms with E-state index >= 15 is 0 Å². The monoisotopic (exact) mass is 298 g/mol. The molecular weight excluding hydrogens is 280 g/mol. The predicted octanol–water partition coefficient (Wildman–Crippen LogP) is 1.03. The Kier molecular flexibility index (Phi) is 4.99. The van der Waals surface area contributed by atoms with Gasteiger partial charge < -0.3 is 14.6 Å². The van der Waals surface area contributed by atoms with Crippen LogP contribution in [0.25, 0.3) is 0 Å². The van der Waals surface area contributed by atoms with Crippen LogP contribution in [0.3, 0.4) is 0 Å². The second-order valence-corrected chi connectivity index (χ2v) is 5.60. The molecule has 0 aromatic carbocycles. The minimum absolute atomic E-state index is 0.0253. The number of hydrogen-bond acceptors (Lipinski definition) is 5. The molecule has 1 saturated carbocycles. The van der Waals surface area contributed by atoms with Crippen LogP contribution in [0.2, 0.25) is 0 Å². The fourth-order valence-corrected chi connectivity index (χ4v) is 2.73. The lowest BCUT2D eigenvalue weighted by atomic mass is 10.4. The SMILES string of the molecule is CCN(CCC(=O)O)C(=O)CSc1nncn1C1CC1. The molecule has 1 aromatic rings. The lowest BCUT2D eigenvalue weighted by Crippen LogP contribution is -2.34. The molecule has 1 heterocycles. The van der Waals surface area contributed by atoms with Gasteiger partial charge in [-0.25, -0.2) is 0 Å². The summed E-state index contributed by atoms with van der Waals surface area (Å²) in [5.74, 6) is -0.694. The Morgan fingerprint density at radius 3 is 2.90 bits per heavy atom. The van der Waals surface area contributed by atoms with E-state index < -0.39 is 5.97 Å². The van der Waals surface area contributed by atoms with Gasteiger partial charge in [-0.15, -0.1) is 10.2 Å². The Bertz CT molecular complexity index is 487. The molecule has 7 nitrogen and oxygen atoms in total. The first-order chi connectivity index (χ1) is 9.61. The van der Waals surface area contributed by atoms with E-state index in [0.717, 1.165) is 18.0 Å². The van der Waals surface area contributed by atoms with Crippen LogP contribution in [0.5, 0.6) is 0 Å². The van der Waals surface area contributed by atoms with Crippen molar-refractivity contribution in [3.63, 3.8) is 0 Å². The Hall–Kier alpha value is -1.57. The van der Waals surface area contributed by atoms with Crippen molar-refractivity contribution in [1.29, 1.82) is 0 Å². The normalized spacial score (nSPS) is 14.2. The van der Waals surface area contributed by atoms with Gasteiger partial charge >= 0.3 is 5.97 Å². The molecule has 1 aliphatic rings. The summed E-state index contributed by atoms with van der Waals surface area (Å²) >= 11 is 1.36. The fourth-order valence-electron chi connectivity index (χ4n) is 1.85. The van der Waals surface area contributed by atoms with E-state index in [2.05, 4.69) is 10.2 Å². The number of hydrogen-bond donors (Lipinski definition) is 1. The number of nitrogens with zero attached hydrogens (tertiary/aromatic N) is 4. The molecule has 2 rings (SSSR count). The molecular formula is C12H18N4O3S. The van der Waals surface area contributed by atoms with Crippen molar-refractivity contribution < 1.29 is 14.7 Å². The Morgan fingerprint density at radius 2 is 2.30 bits per heavy atom. The molecule has 0 aliphatic heterocycles. The first-order valence-corrected chi connectivity index (χ1v) is 7.62. The lowest BCUT2D eigenvalue weighted by Gasteiger charge is -2.19. The molecule has 1 amide bonds. The third-order valence-corrected chi connectivity index (χ3v) is 4.08. The number of carbonyl (C=O) groups is 2. The Morgan fingerprint density at radius 1 is 1.55 bits per heavy atom. The van der Waals surface area contributed by atoms with Crippen molar-refractivity contribution in [3.05, 3.63) is 6.33 Å². The highest BCUT2D eigenvalue weighted by molar-refractivity contribution is 7.99. The highest BCUT2D eigenvalue weighted by Gasteiger charge is 2.26. The van der Waals surface area contributed by atoms with E-state index in [9.17, 15) is 9.59 Å². The molecule has 0 bridgehead atoms. The molecule has 0 radical (unpaired) electrons. The highest BCUT2D eigenvalue weighted by atomic mass is 32.2. The molecule has 1 aromatic heterocycles. The van der Waals surface area contributed by atoms with Gasteiger partial charge in [0.2, 0.25) is 5.91 Å². The first-order valence-electron chi connectivity index (χ1n) is 6.63. The van der Waals surface area contributed by atoms with Crippen LogP contribution >= 0.6 is 11.8 Å². The van der Waals surface area contributed by atoms with Gasteiger partial charge in [-0.2, -0.15) is 0 Å². The smallest absolute Gasteiger partial charge is 0.305 e. The van der Waals surface area contributed by atoms with Gasteiger partial charge in [-0.1, -0.05) is 11.8 Å². The maximum absolute atomic E-state index is 12.0. The van der Waals surface area contributed by atoms with Crippen molar-refractivity contribution in [1.82, 2.24) is 19.7 Å². The van der Waals surface area contributed by atoms with Gasteiger partial charge in [-0.05, 0) is 19.8 Å². The molecule has 0 atom stereocenters. The summed E-state index contributed by atoms with van der Waals surface area (Å²) in [6.45, 7) is 2.61. The zero-order chi connectivity index (χ0) is 14.5. The van der Waals surface area contributed by atoms with Crippen LogP contribution < -0.4 is 0 Å². The largest absolute Gasteiger partial charge is 0.481 e. The summed E-state index contributed by atoms with van der Waals surface area (Å²) in [5, 5.41) is 17.3. The number of rotatable bonds is 8. The van der Waals surface area contributed by atoms with Crippen molar-refractivity contribution in [2.75, 3.05) is 18.8 Å². The van der Waals surface area contributed by atoms with E-state index in [4.69, 9.17) is 5.11 Å². The average Bonchev–Trinajstić information content (AvgIpc) is 3.15. The molecule has 0 spiro atoms. The molecule has 1 N–H and O–H groups in total. The van der Waals surface area contributed by atoms with Crippen molar-refractivity contribution in [2.45, 2.75) is 37.4 Å². The maximum Gasteiger partial charge on any atom is 0.305 e. The summed E-state index contributed by atoms with van der Waals surface area (Å²) in [6, 6.07) is 0.483. The highest BCUT2D eigenvalue weighted by Crippen LogP contribution is 2.37. The number of amides is 1. The lowest BCUT2D eigenvalue weighted by molar-refractivity contribution is -0.138. The van der Waals surface area contributed by atoms with Gasteiger partial charge in [-0.3, -0.25) is 9.59 Å². The van der Waals surface area contributed by atoms with E-state index in [1.165, 1.54) is 11.8 Å². The van der Waals surface area contributed by atoms with E-state index in [0.29, 0.717) is 12.6 Å². The number of carboxylic acids is 1. The van der Waals surface area contributed by atoms with Crippen LogP contribution in [0, 0.1) is 0 Å². The Labute approximate surface area is 121 Å². The molecule has 8 heteroatoms. The standard InChI is InChI=1S/C12H18N4O3S/c1-2-15(6-5-11(18)19)10(17)7-20-12-14-13-8-16(12)9-3-4-9/h8-9H,2-7H2,1H3,(H,18,19). The van der Waals surface area contributed by atoms with Crippen LogP contribution in [0.15, 0.2) is 11.5 Å². The van der Waals surface area contributed by atoms with Gasteiger partial charge in [0.25, 0.3) is 0 Å². The molecule has 1 fully saturated rings. The minimum atomic E-state index is -0.891. The second kappa shape index (κ2) is 6.74. The second-order valence-electron chi connectivity index (χ2n) is 4.66. The molecule has 110 valence electrons. The number of carboxylic acid groups (broad SMARTS) is 1. The third-order valence-electron chi connectivity index (χ3n) is 3.14. The summed E-state index contributed by atoms with van der Waals surface area (Å²) in [4.78, 5) is 24.1. The summed E-state index contributed by atoms with van der Waals surface area (Å²) in [5.41, 5.74) is 0. The van der Waals surface area contributed by atoms with Crippen LogP contribution in [-0.2, 0) is 9.59 Å². The average molecular weight is 298 g/mol. The van der Waals surface area contributed by atoms with E-state index in [-0.39, 0.29) is 24.6 Å². The molecule has 20 heavy (non-hydrogen) atoms. The molecule has 0 saturated heterocycles. The van der Waals surface area contributed by atoms with Gasteiger partial charge in [0, 0.05) is 19.1 Å². The summed E-state index contributed by atoms with van der Waals surface area (Å²) in [6.07, 6.45) is 3.95. The Balaban J connectivity index is 1.83. The van der Waals surface area contributed by atoms with Crippen LogP contribution in [0.4, 0.5) is 0 Å². The quantitative estimate of drug-likeness (QED) is 0.721. The maximum atomic E-state index is 12.0. The van der Waals surface area contributed by atoms with Crippen LogP contribution in [-0.4, -0.2) is 55.5 Å². The third kappa shape index (κ3) is 3.96. The summed E-state index contributed by atoms with van der Waals surface area (Å²) in [7, 11) is 0. The molecule has 0 unspecified atom stereocenters. The van der Waals surface area contributed by atoms with Gasteiger partial charge in [0.1, 0.15) is 6.33 Å². The fraction of sp³-hybridized carbons (Fsp3) is 0.667. The number of aromatic nitrogens is 3. The van der Waals surface area contributed by atoms with Gasteiger partial charge in [0.05, 0.1) is 12.2 Å². The molecule has 1 aliphatic carbocycles. The van der Waals surface area contributed by atoms with E-state index in [1.807, 2.05) is 11.5 Å². The van der Waals surface area contributed by atoms with E-state index in [1.54, 1.807) is 11.2 Å². The van der Waals surface area contributed by atoms with Gasteiger partial charge in [0.15, 0.2) is 5.16 Å². The minimum Gasteiger partial charge on any atom is -0.481 e. The van der Waals surface area contributed by atoms with Crippen LogP contribution in [0.1, 0.15) is 32.2 Å². The first kappa shape index (κ1) is 14.8. The number of carbonyl (C=O) groups excluding carboxylic acids is 1. The van der Waals surface area contributed by atoms with Crippen molar-refractivity contribution >= 4 is 23.6 Å². The van der Waals surface area contributed by atoms with Crippen molar-refractivity contribution in [2.24, 2.45) is 0 Å². The zero-order valence-electron chi connectivity index (χ0n) is 11.4. The van der Waals surface area contributed by atoms with Crippen molar-refractivity contribution in [3.8, 4) is 0 Å². The number of thioether (sulfide) groups is 1. The zero-order valence-corrected chi connectivity index (χ0v) is 12.2. The number of aliphatic carboxylic acids is 1. The predicted molar refractivity (Wildman–Crippen MR) is 73.5 cm³/mol.